The van der Waals surface area contributed by atoms with E-state index in [9.17, 15) is 14.0 Å². The SMILES string of the molecule is CCC(C)n1nccc1NC(=O)C1CCN(C(=O)c2ccc(F)cc2)CC1. The first-order valence-electron chi connectivity index (χ1n) is 9.38. The van der Waals surface area contributed by atoms with Gasteiger partial charge in [-0.25, -0.2) is 9.07 Å². The average molecular weight is 372 g/mol. The van der Waals surface area contributed by atoms with Crippen molar-refractivity contribution in [2.75, 3.05) is 18.4 Å². The lowest BCUT2D eigenvalue weighted by Crippen LogP contribution is -2.41. The van der Waals surface area contributed by atoms with Crippen molar-refractivity contribution in [3.8, 4) is 0 Å². The van der Waals surface area contributed by atoms with E-state index < -0.39 is 0 Å². The molecule has 1 aromatic heterocycles. The van der Waals surface area contributed by atoms with Gasteiger partial charge in [-0.3, -0.25) is 9.59 Å². The molecule has 3 rings (SSSR count). The Morgan fingerprint density at radius 3 is 2.52 bits per heavy atom. The molecule has 0 bridgehead atoms. The van der Waals surface area contributed by atoms with Gasteiger partial charge in [0.2, 0.25) is 5.91 Å². The first kappa shape index (κ1) is 19.1. The number of hydrogen-bond donors (Lipinski definition) is 1. The fraction of sp³-hybridized carbons (Fsp3) is 0.450. The number of carbonyl (C=O) groups excluding carboxylic acids is 2. The number of rotatable bonds is 5. The molecule has 1 aliphatic heterocycles. The third-order valence-electron chi connectivity index (χ3n) is 5.17. The van der Waals surface area contributed by atoms with Crippen LogP contribution in [0.3, 0.4) is 0 Å². The third-order valence-corrected chi connectivity index (χ3v) is 5.17. The van der Waals surface area contributed by atoms with Gasteiger partial charge in [0.25, 0.3) is 5.91 Å². The van der Waals surface area contributed by atoms with E-state index in [0.29, 0.717) is 37.3 Å². The Labute approximate surface area is 158 Å². The standard InChI is InChI=1S/C20H25FN4O2/c1-3-14(2)25-18(8-11-22-25)23-19(26)15-9-12-24(13-10-15)20(27)16-4-6-17(21)7-5-16/h4-8,11,14-15H,3,9-10,12-13H2,1-2H3,(H,23,26). The summed E-state index contributed by atoms with van der Waals surface area (Å²) in [6.45, 7) is 5.16. The van der Waals surface area contributed by atoms with Crippen LogP contribution in [0.4, 0.5) is 10.2 Å². The smallest absolute Gasteiger partial charge is 0.253 e. The van der Waals surface area contributed by atoms with E-state index in [1.54, 1.807) is 17.2 Å². The minimum atomic E-state index is -0.362. The molecule has 144 valence electrons. The van der Waals surface area contributed by atoms with Crippen molar-refractivity contribution in [1.82, 2.24) is 14.7 Å². The van der Waals surface area contributed by atoms with Gasteiger partial charge in [-0.15, -0.1) is 0 Å². The monoisotopic (exact) mass is 372 g/mol. The van der Waals surface area contributed by atoms with E-state index in [4.69, 9.17) is 0 Å². The van der Waals surface area contributed by atoms with E-state index >= 15 is 0 Å². The van der Waals surface area contributed by atoms with Crippen LogP contribution < -0.4 is 5.32 Å². The minimum Gasteiger partial charge on any atom is -0.339 e. The summed E-state index contributed by atoms with van der Waals surface area (Å²) >= 11 is 0. The van der Waals surface area contributed by atoms with Crippen molar-refractivity contribution in [1.29, 1.82) is 0 Å². The summed E-state index contributed by atoms with van der Waals surface area (Å²) < 4.78 is 14.8. The Bertz CT molecular complexity index is 795. The summed E-state index contributed by atoms with van der Waals surface area (Å²) in [6.07, 6.45) is 3.83. The zero-order chi connectivity index (χ0) is 19.4. The molecule has 1 aromatic carbocycles. The Kier molecular flexibility index (Phi) is 5.88. The molecular weight excluding hydrogens is 347 g/mol. The molecule has 7 heteroatoms. The van der Waals surface area contributed by atoms with Crippen LogP contribution in [0.25, 0.3) is 0 Å². The van der Waals surface area contributed by atoms with Crippen LogP contribution in [0, 0.1) is 11.7 Å². The van der Waals surface area contributed by atoms with Gasteiger partial charge in [0, 0.05) is 30.6 Å². The minimum absolute atomic E-state index is 0.0334. The quantitative estimate of drug-likeness (QED) is 0.874. The van der Waals surface area contributed by atoms with Crippen LogP contribution in [0.5, 0.6) is 0 Å². The number of aromatic nitrogens is 2. The molecule has 1 aliphatic rings. The second-order valence-corrected chi connectivity index (χ2v) is 6.98. The number of nitrogens with zero attached hydrogens (tertiary/aromatic N) is 3. The van der Waals surface area contributed by atoms with Gasteiger partial charge in [0.1, 0.15) is 11.6 Å². The zero-order valence-corrected chi connectivity index (χ0v) is 15.7. The highest BCUT2D eigenvalue weighted by molar-refractivity contribution is 5.95. The van der Waals surface area contributed by atoms with Crippen LogP contribution >= 0.6 is 0 Å². The number of nitrogens with one attached hydrogen (secondary N) is 1. The molecule has 2 heterocycles. The number of anilines is 1. The Balaban J connectivity index is 1.56. The van der Waals surface area contributed by atoms with Gasteiger partial charge >= 0.3 is 0 Å². The second-order valence-electron chi connectivity index (χ2n) is 6.98. The first-order valence-corrected chi connectivity index (χ1v) is 9.38. The molecule has 2 aromatic rings. The second kappa shape index (κ2) is 8.33. The van der Waals surface area contributed by atoms with E-state index in [0.717, 1.165) is 6.42 Å². The van der Waals surface area contributed by atoms with E-state index in [2.05, 4.69) is 24.3 Å². The molecule has 1 saturated heterocycles. The van der Waals surface area contributed by atoms with E-state index in [1.165, 1.54) is 24.3 Å². The van der Waals surface area contributed by atoms with Crippen LogP contribution in [0.15, 0.2) is 36.5 Å². The summed E-state index contributed by atoms with van der Waals surface area (Å²) in [5.74, 6) is 0.0536. The molecular formula is C20H25FN4O2. The maximum absolute atomic E-state index is 13.0. The van der Waals surface area contributed by atoms with Crippen molar-refractivity contribution in [2.45, 2.75) is 39.2 Å². The fourth-order valence-electron chi connectivity index (χ4n) is 3.29. The molecule has 27 heavy (non-hydrogen) atoms. The number of benzene rings is 1. The van der Waals surface area contributed by atoms with Crippen LogP contribution in [0.1, 0.15) is 49.5 Å². The molecule has 0 saturated carbocycles. The molecule has 1 unspecified atom stereocenters. The largest absolute Gasteiger partial charge is 0.339 e. The van der Waals surface area contributed by atoms with Crippen LogP contribution in [-0.2, 0) is 4.79 Å². The van der Waals surface area contributed by atoms with Gasteiger partial charge in [0.15, 0.2) is 0 Å². The maximum Gasteiger partial charge on any atom is 0.253 e. The number of amides is 2. The lowest BCUT2D eigenvalue weighted by atomic mass is 9.95. The van der Waals surface area contributed by atoms with Crippen LogP contribution in [0.2, 0.25) is 0 Å². The Hall–Kier alpha value is -2.70. The van der Waals surface area contributed by atoms with Crippen LogP contribution in [-0.4, -0.2) is 39.6 Å². The number of piperidine rings is 1. The zero-order valence-electron chi connectivity index (χ0n) is 15.7. The van der Waals surface area contributed by atoms with E-state index in [-0.39, 0.29) is 29.6 Å². The highest BCUT2D eigenvalue weighted by Gasteiger charge is 2.28. The van der Waals surface area contributed by atoms with Crippen molar-refractivity contribution in [3.63, 3.8) is 0 Å². The molecule has 1 atom stereocenters. The summed E-state index contributed by atoms with van der Waals surface area (Å²) in [5.41, 5.74) is 0.469. The topological polar surface area (TPSA) is 67.2 Å². The fourth-order valence-corrected chi connectivity index (χ4v) is 3.29. The molecule has 6 nitrogen and oxygen atoms in total. The van der Waals surface area contributed by atoms with Crippen molar-refractivity contribution < 1.29 is 14.0 Å². The normalized spacial score (nSPS) is 16.2. The number of halogens is 1. The lowest BCUT2D eigenvalue weighted by Gasteiger charge is -2.31. The molecule has 0 aliphatic carbocycles. The summed E-state index contributed by atoms with van der Waals surface area (Å²) in [5, 5.41) is 7.26. The van der Waals surface area contributed by atoms with Gasteiger partial charge in [-0.1, -0.05) is 6.92 Å². The average Bonchev–Trinajstić information content (AvgIpc) is 3.15. The summed E-state index contributed by atoms with van der Waals surface area (Å²) in [4.78, 5) is 26.8. The Morgan fingerprint density at radius 1 is 1.22 bits per heavy atom. The van der Waals surface area contributed by atoms with Gasteiger partial charge in [0.05, 0.1) is 12.2 Å². The molecule has 1 fully saturated rings. The molecule has 0 spiro atoms. The highest BCUT2D eigenvalue weighted by Crippen LogP contribution is 2.22. The number of hydrogen-bond acceptors (Lipinski definition) is 3. The van der Waals surface area contributed by atoms with Crippen molar-refractivity contribution >= 4 is 17.6 Å². The summed E-state index contributed by atoms with van der Waals surface area (Å²) in [6, 6.07) is 7.57. The highest BCUT2D eigenvalue weighted by atomic mass is 19.1. The molecule has 0 radical (unpaired) electrons. The van der Waals surface area contributed by atoms with Crippen molar-refractivity contribution in [3.05, 3.63) is 47.9 Å². The van der Waals surface area contributed by atoms with E-state index in [1.807, 2.05) is 4.68 Å². The number of carbonyl (C=O) groups is 2. The summed E-state index contributed by atoms with van der Waals surface area (Å²) in [7, 11) is 0. The van der Waals surface area contributed by atoms with Crippen molar-refractivity contribution in [2.24, 2.45) is 5.92 Å². The van der Waals surface area contributed by atoms with Gasteiger partial charge in [-0.2, -0.15) is 5.10 Å². The molecule has 1 N–H and O–H groups in total. The predicted octanol–water partition coefficient (Wildman–Crippen LogP) is 3.48. The molecule has 2 amide bonds. The Morgan fingerprint density at radius 2 is 1.89 bits per heavy atom. The third kappa shape index (κ3) is 4.35. The number of likely N-dealkylation sites (tertiary alicyclic amines) is 1. The van der Waals surface area contributed by atoms with Gasteiger partial charge in [-0.05, 0) is 50.5 Å². The van der Waals surface area contributed by atoms with Gasteiger partial charge < -0.3 is 10.2 Å². The first-order chi connectivity index (χ1) is 13.0. The maximum atomic E-state index is 13.0. The lowest BCUT2D eigenvalue weighted by molar-refractivity contribution is -0.121. The predicted molar refractivity (Wildman–Crippen MR) is 101 cm³/mol.